The summed E-state index contributed by atoms with van der Waals surface area (Å²) in [6.45, 7) is 6.83. The molecule has 0 aliphatic carbocycles. The summed E-state index contributed by atoms with van der Waals surface area (Å²) in [5.74, 6) is -1.85. The normalized spacial score (nSPS) is 15.5. The van der Waals surface area contributed by atoms with E-state index in [1.54, 1.807) is 0 Å². The number of amides is 1. The Labute approximate surface area is 143 Å². The van der Waals surface area contributed by atoms with Crippen molar-refractivity contribution in [2.75, 3.05) is 24.6 Å². The summed E-state index contributed by atoms with van der Waals surface area (Å²) >= 11 is 0.956. The molecule has 1 heterocycles. The topological polar surface area (TPSA) is 170 Å². The van der Waals surface area contributed by atoms with Gasteiger partial charge in [0, 0.05) is 5.75 Å². The number of hydrogen-bond acceptors (Lipinski definition) is 8. The van der Waals surface area contributed by atoms with Crippen LogP contribution in [0.25, 0.3) is 0 Å². The SMILES string of the molecule is CC.CC.NC(CSCC(=O)N1CC([N+](=O)[O-])([N+](=O)[O-])C1)C(=O)O. The molecule has 140 valence electrons. The van der Waals surface area contributed by atoms with Crippen molar-refractivity contribution in [3.8, 4) is 0 Å². The zero-order chi connectivity index (χ0) is 19.5. The molecule has 1 atom stereocenters. The van der Waals surface area contributed by atoms with Crippen LogP contribution >= 0.6 is 11.8 Å². The molecule has 3 N–H and O–H groups in total. The van der Waals surface area contributed by atoms with Crippen LogP contribution in [0.5, 0.6) is 0 Å². The molecule has 0 saturated carbocycles. The average Bonchev–Trinajstić information content (AvgIpc) is 2.49. The zero-order valence-electron chi connectivity index (χ0n) is 14.1. The van der Waals surface area contributed by atoms with Gasteiger partial charge in [0.15, 0.2) is 13.1 Å². The zero-order valence-corrected chi connectivity index (χ0v) is 14.9. The Bertz CT molecular complexity index is 439. The van der Waals surface area contributed by atoms with Gasteiger partial charge >= 0.3 is 11.6 Å². The molecular weight excluding hydrogens is 344 g/mol. The largest absolute Gasteiger partial charge is 0.492 e. The van der Waals surface area contributed by atoms with Crippen LogP contribution in [0.2, 0.25) is 0 Å². The van der Waals surface area contributed by atoms with Gasteiger partial charge in [0.2, 0.25) is 5.91 Å². The first-order valence-electron chi connectivity index (χ1n) is 7.33. The molecule has 0 aromatic carbocycles. The number of nitro groups is 2. The summed E-state index contributed by atoms with van der Waals surface area (Å²) in [6.07, 6.45) is 0. The second kappa shape index (κ2) is 11.6. The molecule has 0 bridgehead atoms. The first-order chi connectivity index (χ1) is 11.2. The molecule has 0 radical (unpaired) electrons. The van der Waals surface area contributed by atoms with Crippen LogP contribution in [0.4, 0.5) is 0 Å². The number of carbonyl (C=O) groups is 2. The average molecular weight is 368 g/mol. The Balaban J connectivity index is 0. The first kappa shape index (κ1) is 24.3. The van der Waals surface area contributed by atoms with Gasteiger partial charge in [-0.3, -0.25) is 29.8 Å². The number of rotatable bonds is 7. The number of hydrogen-bond donors (Lipinski definition) is 2. The van der Waals surface area contributed by atoms with Gasteiger partial charge in [-0.1, -0.05) is 27.7 Å². The second-order valence-electron chi connectivity index (χ2n) is 4.21. The first-order valence-corrected chi connectivity index (χ1v) is 8.49. The molecule has 1 rings (SSSR count). The number of aliphatic carboxylic acids is 1. The van der Waals surface area contributed by atoms with E-state index in [9.17, 15) is 29.8 Å². The molecule has 12 heteroatoms. The number of carbonyl (C=O) groups excluding carboxylic acids is 1. The quantitative estimate of drug-likeness (QED) is 0.364. The van der Waals surface area contributed by atoms with E-state index in [1.807, 2.05) is 27.7 Å². The van der Waals surface area contributed by atoms with Crippen molar-refractivity contribution in [1.29, 1.82) is 0 Å². The van der Waals surface area contributed by atoms with Gasteiger partial charge in [0.05, 0.1) is 5.75 Å². The van der Waals surface area contributed by atoms with Gasteiger partial charge in [-0.2, -0.15) is 0 Å². The van der Waals surface area contributed by atoms with Crippen molar-refractivity contribution in [3.05, 3.63) is 20.2 Å². The summed E-state index contributed by atoms with van der Waals surface area (Å²) in [7, 11) is 0. The molecule has 1 aliphatic rings. The number of likely N-dealkylation sites (tertiary alicyclic amines) is 1. The Kier molecular flexibility index (Phi) is 11.7. The summed E-state index contributed by atoms with van der Waals surface area (Å²) in [6, 6.07) is -1.11. The molecule has 1 saturated heterocycles. The van der Waals surface area contributed by atoms with Crippen LogP contribution in [0, 0.1) is 20.2 Å². The molecule has 0 aromatic heterocycles. The lowest BCUT2D eigenvalue weighted by atomic mass is 10.0. The molecule has 11 nitrogen and oxygen atoms in total. The standard InChI is InChI=1S/C8H12N4O7S.2C2H6/c9-5(7(14)15)1-20-2-6(13)10-3-8(4-10,11(16)17)12(18)19;2*1-2/h5H,1-4,9H2,(H,14,15);2*1-2H3. The minimum atomic E-state index is -2.32. The highest BCUT2D eigenvalue weighted by atomic mass is 32.2. The lowest BCUT2D eigenvalue weighted by molar-refractivity contribution is -0.809. The highest BCUT2D eigenvalue weighted by Gasteiger charge is 2.67. The molecule has 1 fully saturated rings. The van der Waals surface area contributed by atoms with Crippen molar-refractivity contribution in [3.63, 3.8) is 0 Å². The lowest BCUT2D eigenvalue weighted by Crippen LogP contribution is -2.71. The van der Waals surface area contributed by atoms with Gasteiger partial charge in [-0.25, -0.2) is 0 Å². The third kappa shape index (κ3) is 6.28. The van der Waals surface area contributed by atoms with Gasteiger partial charge in [0.25, 0.3) is 0 Å². The van der Waals surface area contributed by atoms with Crippen LogP contribution in [0.15, 0.2) is 0 Å². The van der Waals surface area contributed by atoms with E-state index in [0.717, 1.165) is 16.7 Å². The Morgan fingerprint density at radius 1 is 1.21 bits per heavy atom. The molecule has 0 spiro atoms. The monoisotopic (exact) mass is 368 g/mol. The second-order valence-corrected chi connectivity index (χ2v) is 5.24. The maximum absolute atomic E-state index is 11.6. The number of thioether (sulfide) groups is 1. The molecule has 24 heavy (non-hydrogen) atoms. The number of nitrogens with two attached hydrogens (primary N) is 1. The van der Waals surface area contributed by atoms with Crippen molar-refractivity contribution in [1.82, 2.24) is 4.90 Å². The van der Waals surface area contributed by atoms with Crippen molar-refractivity contribution in [2.24, 2.45) is 5.73 Å². The molecule has 0 aromatic rings. The van der Waals surface area contributed by atoms with Gasteiger partial charge in [-0.15, -0.1) is 11.8 Å². The van der Waals surface area contributed by atoms with Crippen LogP contribution in [-0.4, -0.2) is 68.0 Å². The Morgan fingerprint density at radius 3 is 1.96 bits per heavy atom. The highest BCUT2D eigenvalue weighted by Crippen LogP contribution is 2.25. The van der Waals surface area contributed by atoms with Crippen molar-refractivity contribution >= 4 is 23.6 Å². The van der Waals surface area contributed by atoms with E-state index < -0.39 is 46.5 Å². The van der Waals surface area contributed by atoms with Crippen molar-refractivity contribution in [2.45, 2.75) is 39.4 Å². The van der Waals surface area contributed by atoms with Gasteiger partial charge in [0.1, 0.15) is 15.9 Å². The maximum atomic E-state index is 11.6. The van der Waals surface area contributed by atoms with E-state index >= 15 is 0 Å². The van der Waals surface area contributed by atoms with Crippen LogP contribution < -0.4 is 5.73 Å². The van der Waals surface area contributed by atoms with Crippen LogP contribution in [0.1, 0.15) is 27.7 Å². The van der Waals surface area contributed by atoms with E-state index in [0.29, 0.717) is 0 Å². The number of carboxylic acids is 1. The molecule has 1 amide bonds. The predicted molar refractivity (Wildman–Crippen MR) is 88.9 cm³/mol. The van der Waals surface area contributed by atoms with Crippen LogP contribution in [0.3, 0.4) is 0 Å². The number of carboxylic acid groups (broad SMARTS) is 1. The highest BCUT2D eigenvalue weighted by molar-refractivity contribution is 8.00. The van der Waals surface area contributed by atoms with Crippen LogP contribution in [-0.2, 0) is 9.59 Å². The minimum Gasteiger partial charge on any atom is -0.480 e. The number of nitrogens with zero attached hydrogens (tertiary/aromatic N) is 3. The van der Waals surface area contributed by atoms with Gasteiger partial charge in [-0.05, 0) is 0 Å². The molecular formula is C12H24N4O7S. The van der Waals surface area contributed by atoms with E-state index in [1.165, 1.54) is 0 Å². The summed E-state index contributed by atoms with van der Waals surface area (Å²) < 4.78 is 0. The third-order valence-corrected chi connectivity index (χ3v) is 3.81. The summed E-state index contributed by atoms with van der Waals surface area (Å²) in [4.78, 5) is 42.2. The summed E-state index contributed by atoms with van der Waals surface area (Å²) in [5, 5.41) is 29.8. The van der Waals surface area contributed by atoms with E-state index in [-0.39, 0.29) is 11.5 Å². The van der Waals surface area contributed by atoms with Gasteiger partial charge < -0.3 is 15.7 Å². The fraction of sp³-hybridized carbons (Fsp3) is 0.833. The fourth-order valence-corrected chi connectivity index (χ4v) is 2.35. The Hall–Kier alpha value is -1.95. The fourth-order valence-electron chi connectivity index (χ4n) is 1.47. The molecule has 1 aliphatic heterocycles. The smallest absolute Gasteiger partial charge is 0.480 e. The minimum absolute atomic E-state index is 0.00449. The third-order valence-electron chi connectivity index (χ3n) is 2.76. The van der Waals surface area contributed by atoms with E-state index in [4.69, 9.17) is 10.8 Å². The summed E-state index contributed by atoms with van der Waals surface area (Å²) in [5.41, 5.74) is 2.90. The predicted octanol–water partition coefficient (Wildman–Crippen LogP) is 0.276. The maximum Gasteiger partial charge on any atom is 0.492 e. The molecule has 1 unspecified atom stereocenters. The van der Waals surface area contributed by atoms with E-state index in [2.05, 4.69) is 0 Å². The van der Waals surface area contributed by atoms with Crippen molar-refractivity contribution < 1.29 is 24.5 Å². The Morgan fingerprint density at radius 2 is 1.62 bits per heavy atom. The lowest BCUT2D eigenvalue weighted by Gasteiger charge is -2.35.